The van der Waals surface area contributed by atoms with Crippen LogP contribution in [0.4, 0.5) is 5.69 Å². The number of hydrogen-bond donors (Lipinski definition) is 1. The van der Waals surface area contributed by atoms with E-state index in [9.17, 15) is 4.79 Å². The lowest BCUT2D eigenvalue weighted by Gasteiger charge is -2.07. The number of nitrogens with one attached hydrogen (secondary N) is 1. The van der Waals surface area contributed by atoms with E-state index in [1.807, 2.05) is 6.07 Å². The Balaban J connectivity index is 1.59. The van der Waals surface area contributed by atoms with Gasteiger partial charge in [0.1, 0.15) is 5.69 Å². The first-order valence-electron chi connectivity index (χ1n) is 7.11. The van der Waals surface area contributed by atoms with Gasteiger partial charge in [0.2, 0.25) is 17.6 Å². The molecule has 8 heteroatoms. The fraction of sp³-hybridized carbons (Fsp3) is 0.125. The molecule has 122 valence electrons. The Morgan fingerprint density at radius 1 is 1.17 bits per heavy atom. The summed E-state index contributed by atoms with van der Waals surface area (Å²) in [4.78, 5) is 20.4. The summed E-state index contributed by atoms with van der Waals surface area (Å²) in [6.07, 6.45) is 2.13. The first-order valence-corrected chi connectivity index (χ1v) is 7.87. The summed E-state index contributed by atoms with van der Waals surface area (Å²) in [7, 11) is 0. The van der Waals surface area contributed by atoms with Crippen molar-refractivity contribution in [1.82, 2.24) is 15.1 Å². The molecule has 0 spiro atoms. The molecule has 2 heterocycles. The van der Waals surface area contributed by atoms with Crippen molar-refractivity contribution in [2.45, 2.75) is 12.8 Å². The van der Waals surface area contributed by atoms with E-state index in [-0.39, 0.29) is 12.3 Å². The molecule has 3 rings (SSSR count). The van der Waals surface area contributed by atoms with Gasteiger partial charge in [-0.3, -0.25) is 9.78 Å². The van der Waals surface area contributed by atoms with Gasteiger partial charge in [-0.15, -0.1) is 0 Å². The van der Waals surface area contributed by atoms with Crippen LogP contribution in [0.1, 0.15) is 12.3 Å². The second kappa shape index (κ2) is 7.42. The van der Waals surface area contributed by atoms with Crippen molar-refractivity contribution in [3.05, 3.63) is 58.5 Å². The summed E-state index contributed by atoms with van der Waals surface area (Å²) in [5.74, 6) is 0.531. The van der Waals surface area contributed by atoms with Gasteiger partial charge in [-0.25, -0.2) is 0 Å². The van der Waals surface area contributed by atoms with Gasteiger partial charge >= 0.3 is 0 Å². The normalized spacial score (nSPS) is 10.6. The number of aryl methyl sites for hydroxylation is 1. The number of pyridine rings is 1. The van der Waals surface area contributed by atoms with E-state index in [1.54, 1.807) is 36.5 Å². The number of anilines is 1. The molecular formula is C16H12Cl2N4O2. The highest BCUT2D eigenvalue weighted by Crippen LogP contribution is 2.29. The Morgan fingerprint density at radius 3 is 2.83 bits per heavy atom. The third-order valence-corrected chi connectivity index (χ3v) is 3.97. The van der Waals surface area contributed by atoms with Gasteiger partial charge in [-0.2, -0.15) is 4.98 Å². The maximum absolute atomic E-state index is 12.0. The molecule has 1 aromatic carbocycles. The van der Waals surface area contributed by atoms with Crippen LogP contribution >= 0.6 is 23.2 Å². The summed E-state index contributed by atoms with van der Waals surface area (Å²) in [5.41, 5.74) is 1.08. The maximum Gasteiger partial charge on any atom is 0.227 e. The number of rotatable bonds is 5. The van der Waals surface area contributed by atoms with Crippen molar-refractivity contribution >= 4 is 34.8 Å². The average molecular weight is 363 g/mol. The largest absolute Gasteiger partial charge is 0.339 e. The van der Waals surface area contributed by atoms with Crippen LogP contribution in [-0.2, 0) is 11.2 Å². The molecule has 0 saturated heterocycles. The fourth-order valence-electron chi connectivity index (χ4n) is 1.99. The lowest BCUT2D eigenvalue weighted by atomic mass is 10.2. The molecule has 0 radical (unpaired) electrons. The van der Waals surface area contributed by atoms with E-state index in [2.05, 4.69) is 20.4 Å². The molecule has 0 aliphatic carbocycles. The molecule has 0 aliphatic heterocycles. The van der Waals surface area contributed by atoms with Gasteiger partial charge < -0.3 is 9.84 Å². The predicted molar refractivity (Wildman–Crippen MR) is 90.9 cm³/mol. The number of amides is 1. The van der Waals surface area contributed by atoms with Gasteiger partial charge in [0.25, 0.3) is 0 Å². The van der Waals surface area contributed by atoms with Crippen molar-refractivity contribution in [2.75, 3.05) is 5.32 Å². The number of halogens is 2. The van der Waals surface area contributed by atoms with Crippen LogP contribution in [0.3, 0.4) is 0 Å². The third kappa shape index (κ3) is 3.90. The van der Waals surface area contributed by atoms with Crippen molar-refractivity contribution in [3.8, 4) is 11.5 Å². The average Bonchev–Trinajstić information content (AvgIpc) is 3.07. The molecule has 0 bridgehead atoms. The molecule has 2 aromatic heterocycles. The van der Waals surface area contributed by atoms with E-state index in [0.29, 0.717) is 39.6 Å². The van der Waals surface area contributed by atoms with Crippen LogP contribution in [0.25, 0.3) is 11.5 Å². The summed E-state index contributed by atoms with van der Waals surface area (Å²) in [5, 5.41) is 7.25. The predicted octanol–water partition coefficient (Wildman–Crippen LogP) is 4.01. The van der Waals surface area contributed by atoms with Crippen molar-refractivity contribution in [3.63, 3.8) is 0 Å². The molecule has 1 N–H and O–H groups in total. The second-order valence-corrected chi connectivity index (χ2v) is 5.66. The number of nitrogens with zero attached hydrogens (tertiary/aromatic N) is 3. The summed E-state index contributed by atoms with van der Waals surface area (Å²) >= 11 is 11.9. The molecule has 0 atom stereocenters. The quantitative estimate of drug-likeness (QED) is 0.741. The van der Waals surface area contributed by atoms with Gasteiger partial charge in [0, 0.05) is 19.0 Å². The fourth-order valence-corrected chi connectivity index (χ4v) is 2.34. The second-order valence-electron chi connectivity index (χ2n) is 4.88. The van der Waals surface area contributed by atoms with Crippen LogP contribution in [0, 0.1) is 0 Å². The molecule has 0 unspecified atom stereocenters. The minimum Gasteiger partial charge on any atom is -0.339 e. The van der Waals surface area contributed by atoms with E-state index >= 15 is 0 Å². The first kappa shape index (κ1) is 16.4. The highest BCUT2D eigenvalue weighted by atomic mass is 35.5. The van der Waals surface area contributed by atoms with Crippen LogP contribution in [-0.4, -0.2) is 21.0 Å². The van der Waals surface area contributed by atoms with Gasteiger partial charge in [0.05, 0.1) is 15.7 Å². The summed E-state index contributed by atoms with van der Waals surface area (Å²) in [6.45, 7) is 0. The Morgan fingerprint density at radius 2 is 2.04 bits per heavy atom. The van der Waals surface area contributed by atoms with Crippen LogP contribution < -0.4 is 5.32 Å². The Kier molecular flexibility index (Phi) is 5.08. The molecular weight excluding hydrogens is 351 g/mol. The zero-order chi connectivity index (χ0) is 16.9. The van der Waals surface area contributed by atoms with E-state index in [1.165, 1.54) is 0 Å². The monoisotopic (exact) mass is 362 g/mol. The molecule has 1 amide bonds. The highest BCUT2D eigenvalue weighted by Gasteiger charge is 2.12. The van der Waals surface area contributed by atoms with Gasteiger partial charge in [0.15, 0.2) is 0 Å². The van der Waals surface area contributed by atoms with Crippen LogP contribution in [0.2, 0.25) is 10.0 Å². The zero-order valence-corrected chi connectivity index (χ0v) is 13.9. The van der Waals surface area contributed by atoms with Crippen LogP contribution in [0.15, 0.2) is 47.1 Å². The number of hydrogen-bond acceptors (Lipinski definition) is 5. The maximum atomic E-state index is 12.0. The van der Waals surface area contributed by atoms with E-state index in [0.717, 1.165) is 0 Å². The molecule has 24 heavy (non-hydrogen) atoms. The lowest BCUT2D eigenvalue weighted by Crippen LogP contribution is -2.12. The molecule has 0 saturated carbocycles. The topological polar surface area (TPSA) is 80.9 Å². The van der Waals surface area contributed by atoms with E-state index in [4.69, 9.17) is 27.7 Å². The standard InChI is InChI=1S/C16H12Cl2N4O2/c17-10-4-3-6-11(15(10)18)20-13(23)7-8-14-21-16(22-24-14)12-5-1-2-9-19-12/h1-6,9H,7-8H2,(H,20,23). The molecule has 0 aliphatic rings. The minimum atomic E-state index is -0.225. The number of carbonyl (C=O) groups is 1. The minimum absolute atomic E-state index is 0.173. The Labute approximate surface area is 147 Å². The Bertz CT molecular complexity index is 852. The van der Waals surface area contributed by atoms with E-state index < -0.39 is 0 Å². The molecule has 0 fully saturated rings. The SMILES string of the molecule is O=C(CCc1nc(-c2ccccn2)no1)Nc1cccc(Cl)c1Cl. The van der Waals surface area contributed by atoms with Gasteiger partial charge in [-0.1, -0.05) is 40.5 Å². The van der Waals surface area contributed by atoms with Crippen molar-refractivity contribution < 1.29 is 9.32 Å². The molecule has 3 aromatic rings. The van der Waals surface area contributed by atoms with Crippen molar-refractivity contribution in [2.24, 2.45) is 0 Å². The lowest BCUT2D eigenvalue weighted by molar-refractivity contribution is -0.116. The third-order valence-electron chi connectivity index (χ3n) is 3.15. The first-order chi connectivity index (χ1) is 11.6. The number of aromatic nitrogens is 3. The summed E-state index contributed by atoms with van der Waals surface area (Å²) in [6, 6.07) is 10.5. The highest BCUT2D eigenvalue weighted by molar-refractivity contribution is 6.43. The van der Waals surface area contributed by atoms with Crippen molar-refractivity contribution in [1.29, 1.82) is 0 Å². The van der Waals surface area contributed by atoms with Gasteiger partial charge in [-0.05, 0) is 24.3 Å². The molecule has 6 nitrogen and oxygen atoms in total. The Hall–Kier alpha value is -2.44. The smallest absolute Gasteiger partial charge is 0.227 e. The number of carbonyl (C=O) groups excluding carboxylic acids is 1. The number of benzene rings is 1. The zero-order valence-electron chi connectivity index (χ0n) is 12.4. The summed E-state index contributed by atoms with van der Waals surface area (Å²) < 4.78 is 5.13. The van der Waals surface area contributed by atoms with Crippen LogP contribution in [0.5, 0.6) is 0 Å².